The van der Waals surface area contributed by atoms with Gasteiger partial charge in [-0.1, -0.05) is 0 Å². The van der Waals surface area contributed by atoms with E-state index in [0.29, 0.717) is 6.54 Å². The Labute approximate surface area is 112 Å². The first kappa shape index (κ1) is 15.8. The Morgan fingerprint density at radius 1 is 1.42 bits per heavy atom. The molecule has 0 bridgehead atoms. The molecule has 0 saturated heterocycles. The van der Waals surface area contributed by atoms with E-state index in [4.69, 9.17) is 0 Å². The molecule has 0 amide bonds. The Morgan fingerprint density at radius 2 is 2.05 bits per heavy atom. The summed E-state index contributed by atoms with van der Waals surface area (Å²) in [6.45, 7) is 1.75. The van der Waals surface area contributed by atoms with E-state index >= 15 is 0 Å². The summed E-state index contributed by atoms with van der Waals surface area (Å²) in [7, 11) is -0.179. The van der Waals surface area contributed by atoms with Gasteiger partial charge in [0.05, 0.1) is 10.5 Å². The van der Waals surface area contributed by atoms with Crippen molar-refractivity contribution in [2.24, 2.45) is 0 Å². The van der Waals surface area contributed by atoms with Crippen LogP contribution in [0, 0.1) is 0 Å². The zero-order valence-electron chi connectivity index (χ0n) is 11.2. The van der Waals surface area contributed by atoms with Gasteiger partial charge in [0.2, 0.25) is 15.6 Å². The van der Waals surface area contributed by atoms with Crippen molar-refractivity contribution in [2.45, 2.75) is 17.4 Å². The van der Waals surface area contributed by atoms with E-state index in [9.17, 15) is 18.3 Å². The first-order chi connectivity index (χ1) is 8.62. The topological polar surface area (TPSA) is 102 Å². The summed E-state index contributed by atoms with van der Waals surface area (Å²) < 4.78 is 26.2. The van der Waals surface area contributed by atoms with Gasteiger partial charge in [-0.25, -0.2) is 13.1 Å². The van der Waals surface area contributed by atoms with Crippen LogP contribution in [0.25, 0.3) is 0 Å². The molecule has 8 heteroatoms. The summed E-state index contributed by atoms with van der Waals surface area (Å²) in [6.07, 6.45) is 1.12. The van der Waals surface area contributed by atoms with Crippen molar-refractivity contribution in [2.75, 3.05) is 27.2 Å². The minimum absolute atomic E-state index is 0.0484. The van der Waals surface area contributed by atoms with Crippen molar-refractivity contribution < 1.29 is 13.5 Å². The summed E-state index contributed by atoms with van der Waals surface area (Å²) in [5.41, 5.74) is -1.56. The Bertz CT molecular complexity index is 557. The Kier molecular flexibility index (Phi) is 4.86. The van der Waals surface area contributed by atoms with Crippen LogP contribution < -0.4 is 10.3 Å². The van der Waals surface area contributed by atoms with Gasteiger partial charge in [0.1, 0.15) is 0 Å². The van der Waals surface area contributed by atoms with Crippen molar-refractivity contribution >= 4 is 10.0 Å². The predicted octanol–water partition coefficient (Wildman–Crippen LogP) is -1.03. The second-order valence-electron chi connectivity index (χ2n) is 4.95. The van der Waals surface area contributed by atoms with E-state index in [0.717, 1.165) is 12.3 Å². The zero-order chi connectivity index (χ0) is 14.7. The number of pyridine rings is 1. The monoisotopic (exact) mass is 289 g/mol. The van der Waals surface area contributed by atoms with Crippen LogP contribution in [0.2, 0.25) is 0 Å². The predicted molar refractivity (Wildman–Crippen MR) is 71.4 cm³/mol. The van der Waals surface area contributed by atoms with Gasteiger partial charge in [-0.3, -0.25) is 4.79 Å². The van der Waals surface area contributed by atoms with Crippen LogP contribution >= 0.6 is 0 Å². The minimum Gasteiger partial charge on any atom is -0.387 e. The molecule has 108 valence electrons. The molecule has 19 heavy (non-hydrogen) atoms. The number of aromatic nitrogens is 1. The molecular formula is C11H19N3O4S. The number of nitrogens with zero attached hydrogens (tertiary/aromatic N) is 1. The van der Waals surface area contributed by atoms with Crippen LogP contribution in [0.5, 0.6) is 0 Å². The Hall–Kier alpha value is -1.22. The maximum absolute atomic E-state index is 11.9. The maximum Gasteiger partial charge on any atom is 0.247 e. The first-order valence-electron chi connectivity index (χ1n) is 5.68. The molecule has 1 atom stereocenters. The second kappa shape index (κ2) is 5.83. The van der Waals surface area contributed by atoms with Crippen molar-refractivity contribution in [3.05, 3.63) is 28.7 Å². The molecule has 0 aliphatic heterocycles. The van der Waals surface area contributed by atoms with Crippen molar-refractivity contribution in [3.8, 4) is 0 Å². The van der Waals surface area contributed by atoms with E-state index in [1.54, 1.807) is 25.9 Å². The number of aromatic amines is 1. The van der Waals surface area contributed by atoms with Crippen molar-refractivity contribution in [1.29, 1.82) is 0 Å². The van der Waals surface area contributed by atoms with Crippen molar-refractivity contribution in [3.63, 3.8) is 0 Å². The smallest absolute Gasteiger partial charge is 0.247 e. The van der Waals surface area contributed by atoms with E-state index in [1.807, 2.05) is 0 Å². The van der Waals surface area contributed by atoms with Gasteiger partial charge in [0.15, 0.2) is 0 Å². The lowest BCUT2D eigenvalue weighted by molar-refractivity contribution is 0.0386. The molecule has 1 heterocycles. The SMILES string of the molecule is CN(C)CC(C)(O)CNS(=O)(=O)c1ccc(=O)[nH]c1. The summed E-state index contributed by atoms with van der Waals surface area (Å²) in [4.78, 5) is 14.9. The highest BCUT2D eigenvalue weighted by Crippen LogP contribution is 2.08. The average molecular weight is 289 g/mol. The molecule has 0 saturated carbocycles. The maximum atomic E-state index is 11.9. The number of hydrogen-bond acceptors (Lipinski definition) is 5. The quantitative estimate of drug-likeness (QED) is 0.621. The van der Waals surface area contributed by atoms with Crippen LogP contribution in [0.15, 0.2) is 28.0 Å². The molecule has 0 aliphatic rings. The van der Waals surface area contributed by atoms with Gasteiger partial charge in [0.25, 0.3) is 0 Å². The average Bonchev–Trinajstić information content (AvgIpc) is 2.26. The molecular weight excluding hydrogens is 270 g/mol. The van der Waals surface area contributed by atoms with E-state index in [2.05, 4.69) is 9.71 Å². The molecule has 0 spiro atoms. The fraction of sp³-hybridized carbons (Fsp3) is 0.545. The fourth-order valence-electron chi connectivity index (χ4n) is 1.63. The molecule has 1 rings (SSSR count). The summed E-state index contributed by atoms with van der Waals surface area (Å²) in [5.74, 6) is 0. The van der Waals surface area contributed by atoms with Gasteiger partial charge < -0.3 is 15.0 Å². The number of rotatable bonds is 6. The first-order valence-corrected chi connectivity index (χ1v) is 7.16. The molecule has 1 aromatic rings. The third kappa shape index (κ3) is 5.11. The number of sulfonamides is 1. The third-order valence-corrected chi connectivity index (χ3v) is 3.76. The van der Waals surface area contributed by atoms with E-state index < -0.39 is 15.6 Å². The van der Waals surface area contributed by atoms with E-state index in [1.165, 1.54) is 6.07 Å². The molecule has 1 aromatic heterocycles. The molecule has 0 fully saturated rings. The summed E-state index contributed by atoms with van der Waals surface area (Å²) >= 11 is 0. The highest BCUT2D eigenvalue weighted by atomic mass is 32.2. The lowest BCUT2D eigenvalue weighted by Crippen LogP contribution is -2.47. The number of hydrogen-bond donors (Lipinski definition) is 3. The molecule has 0 aliphatic carbocycles. The lowest BCUT2D eigenvalue weighted by atomic mass is 10.1. The Balaban J connectivity index is 2.76. The number of nitrogens with one attached hydrogen (secondary N) is 2. The van der Waals surface area contributed by atoms with Gasteiger partial charge in [-0.2, -0.15) is 0 Å². The molecule has 0 radical (unpaired) electrons. The molecule has 7 nitrogen and oxygen atoms in total. The lowest BCUT2D eigenvalue weighted by Gasteiger charge is -2.26. The van der Waals surface area contributed by atoms with E-state index in [-0.39, 0.29) is 17.0 Å². The van der Waals surface area contributed by atoms with Gasteiger partial charge in [-0.15, -0.1) is 0 Å². The number of likely N-dealkylation sites (N-methyl/N-ethyl adjacent to an activating group) is 1. The van der Waals surface area contributed by atoms with Crippen LogP contribution in [-0.2, 0) is 10.0 Å². The highest BCUT2D eigenvalue weighted by Gasteiger charge is 2.24. The zero-order valence-corrected chi connectivity index (χ0v) is 12.0. The van der Waals surface area contributed by atoms with Crippen LogP contribution in [0.4, 0.5) is 0 Å². The largest absolute Gasteiger partial charge is 0.387 e. The Morgan fingerprint density at radius 3 is 2.53 bits per heavy atom. The van der Waals surface area contributed by atoms with Gasteiger partial charge in [-0.05, 0) is 27.1 Å². The van der Waals surface area contributed by atoms with Crippen LogP contribution in [0.1, 0.15) is 6.92 Å². The van der Waals surface area contributed by atoms with Crippen LogP contribution in [-0.4, -0.2) is 56.2 Å². The highest BCUT2D eigenvalue weighted by molar-refractivity contribution is 7.89. The summed E-state index contributed by atoms with van der Waals surface area (Å²) in [6, 6.07) is 2.34. The normalized spacial score (nSPS) is 15.4. The second-order valence-corrected chi connectivity index (χ2v) is 6.71. The minimum atomic E-state index is -3.74. The van der Waals surface area contributed by atoms with Crippen LogP contribution in [0.3, 0.4) is 0 Å². The van der Waals surface area contributed by atoms with Crippen molar-refractivity contribution in [1.82, 2.24) is 14.6 Å². The van der Waals surface area contributed by atoms with Gasteiger partial charge in [0, 0.05) is 25.4 Å². The fourth-order valence-corrected chi connectivity index (χ4v) is 2.76. The molecule has 1 unspecified atom stereocenters. The molecule has 0 aromatic carbocycles. The van der Waals surface area contributed by atoms with Gasteiger partial charge >= 0.3 is 0 Å². The molecule has 3 N–H and O–H groups in total. The standard InChI is InChI=1S/C11H19N3O4S/c1-11(16,8-14(2)3)7-13-19(17,18)9-4-5-10(15)12-6-9/h4-6,13,16H,7-8H2,1-3H3,(H,12,15). The number of H-pyrrole nitrogens is 1. The number of aliphatic hydroxyl groups is 1. The summed E-state index contributed by atoms with van der Waals surface area (Å²) in [5, 5.41) is 10.0. The third-order valence-electron chi connectivity index (χ3n) is 2.37.